The van der Waals surface area contributed by atoms with Crippen LogP contribution in [0.2, 0.25) is 0 Å². The predicted molar refractivity (Wildman–Crippen MR) is 77.1 cm³/mol. The highest BCUT2D eigenvalue weighted by atomic mass is 19.1. The fourth-order valence-electron chi connectivity index (χ4n) is 1.96. The van der Waals surface area contributed by atoms with Crippen molar-refractivity contribution in [2.45, 2.75) is 27.7 Å². The summed E-state index contributed by atoms with van der Waals surface area (Å²) in [6.45, 7) is 7.10. The van der Waals surface area contributed by atoms with E-state index in [4.69, 9.17) is 9.84 Å². The van der Waals surface area contributed by atoms with Crippen molar-refractivity contribution >= 4 is 6.08 Å². The highest BCUT2D eigenvalue weighted by Gasteiger charge is 2.08. The highest BCUT2D eigenvalue weighted by molar-refractivity contribution is 5.64. The van der Waals surface area contributed by atoms with Crippen LogP contribution >= 0.6 is 0 Å². The minimum absolute atomic E-state index is 0.440. The standard InChI is InChI=1S/C16H21FO2/c1-10(15(17)9-18)6-7-14-11(2)8-16(19-5)13(4)12(14)3/h6-8,18H,9H2,1-5H3. The van der Waals surface area contributed by atoms with Crippen molar-refractivity contribution < 1.29 is 14.2 Å². The number of hydrogen-bond acceptors (Lipinski definition) is 2. The first-order valence-electron chi connectivity index (χ1n) is 6.21. The van der Waals surface area contributed by atoms with E-state index < -0.39 is 12.4 Å². The van der Waals surface area contributed by atoms with Gasteiger partial charge in [0.1, 0.15) is 11.6 Å². The number of aliphatic hydroxyl groups is 1. The van der Waals surface area contributed by atoms with Crippen LogP contribution in [0.1, 0.15) is 29.2 Å². The van der Waals surface area contributed by atoms with E-state index >= 15 is 0 Å². The Morgan fingerprint density at radius 3 is 2.47 bits per heavy atom. The molecule has 0 aliphatic carbocycles. The van der Waals surface area contributed by atoms with Crippen LogP contribution in [0, 0.1) is 20.8 Å². The number of aliphatic hydroxyl groups excluding tert-OH is 1. The molecule has 0 aromatic heterocycles. The molecule has 1 N–H and O–H groups in total. The average molecular weight is 264 g/mol. The first-order chi connectivity index (χ1) is 8.92. The SMILES string of the molecule is COc1cc(C)c(C=CC(C)=C(F)CO)c(C)c1C. The first-order valence-corrected chi connectivity index (χ1v) is 6.21. The quantitative estimate of drug-likeness (QED) is 0.836. The monoisotopic (exact) mass is 264 g/mol. The fraction of sp³-hybridized carbons (Fsp3) is 0.375. The Bertz CT molecular complexity index is 528. The maximum Gasteiger partial charge on any atom is 0.128 e. The van der Waals surface area contributed by atoms with Crippen LogP contribution in [0.4, 0.5) is 4.39 Å². The van der Waals surface area contributed by atoms with Crippen LogP contribution < -0.4 is 4.74 Å². The molecular weight excluding hydrogens is 243 g/mol. The second-order valence-electron chi connectivity index (χ2n) is 4.64. The third-order valence-corrected chi connectivity index (χ3v) is 3.40. The second kappa shape index (κ2) is 6.53. The summed E-state index contributed by atoms with van der Waals surface area (Å²) in [5.74, 6) is 0.359. The van der Waals surface area contributed by atoms with Crippen molar-refractivity contribution in [1.29, 1.82) is 0 Å². The first kappa shape index (κ1) is 15.4. The number of hydrogen-bond donors (Lipinski definition) is 1. The maximum atomic E-state index is 13.2. The van der Waals surface area contributed by atoms with Crippen molar-refractivity contribution in [2.24, 2.45) is 0 Å². The molecule has 0 spiro atoms. The smallest absolute Gasteiger partial charge is 0.128 e. The molecule has 0 saturated carbocycles. The lowest BCUT2D eigenvalue weighted by Gasteiger charge is -2.13. The number of allylic oxidation sites excluding steroid dienone is 2. The van der Waals surface area contributed by atoms with Crippen LogP contribution in [-0.4, -0.2) is 18.8 Å². The molecule has 2 nitrogen and oxygen atoms in total. The Morgan fingerprint density at radius 1 is 1.32 bits per heavy atom. The molecule has 3 heteroatoms. The topological polar surface area (TPSA) is 29.5 Å². The summed E-state index contributed by atoms with van der Waals surface area (Å²) < 4.78 is 18.5. The van der Waals surface area contributed by atoms with Gasteiger partial charge in [-0.1, -0.05) is 12.2 Å². The lowest BCUT2D eigenvalue weighted by Crippen LogP contribution is -1.96. The molecule has 1 aromatic rings. The molecule has 0 atom stereocenters. The number of aryl methyl sites for hydroxylation is 1. The summed E-state index contributed by atoms with van der Waals surface area (Å²) in [7, 11) is 1.65. The molecule has 0 fully saturated rings. The van der Waals surface area contributed by atoms with Gasteiger partial charge in [0.15, 0.2) is 0 Å². The summed E-state index contributed by atoms with van der Waals surface area (Å²) in [5, 5.41) is 8.74. The van der Waals surface area contributed by atoms with E-state index in [-0.39, 0.29) is 0 Å². The number of benzene rings is 1. The Kier molecular flexibility index (Phi) is 5.31. The second-order valence-corrected chi connectivity index (χ2v) is 4.64. The summed E-state index contributed by atoms with van der Waals surface area (Å²) in [4.78, 5) is 0. The van der Waals surface area contributed by atoms with Gasteiger partial charge in [-0.2, -0.15) is 0 Å². The van der Waals surface area contributed by atoms with Gasteiger partial charge in [0.2, 0.25) is 0 Å². The van der Waals surface area contributed by atoms with Gasteiger partial charge >= 0.3 is 0 Å². The lowest BCUT2D eigenvalue weighted by molar-refractivity contribution is 0.296. The average Bonchev–Trinajstić information content (AvgIpc) is 2.41. The molecule has 0 aliphatic rings. The van der Waals surface area contributed by atoms with Crippen LogP contribution in [0.25, 0.3) is 6.08 Å². The van der Waals surface area contributed by atoms with Gasteiger partial charge in [0.05, 0.1) is 13.7 Å². The third kappa shape index (κ3) is 3.44. The van der Waals surface area contributed by atoms with E-state index in [2.05, 4.69) is 0 Å². The summed E-state index contributed by atoms with van der Waals surface area (Å²) in [6.07, 6.45) is 3.56. The van der Waals surface area contributed by atoms with Crippen molar-refractivity contribution in [3.8, 4) is 5.75 Å². The molecule has 1 aromatic carbocycles. The summed E-state index contributed by atoms with van der Waals surface area (Å²) in [6, 6.07) is 1.98. The molecule has 0 bridgehead atoms. The van der Waals surface area contributed by atoms with Gasteiger partial charge in [0.25, 0.3) is 0 Å². The van der Waals surface area contributed by atoms with E-state index in [1.807, 2.05) is 32.9 Å². The van der Waals surface area contributed by atoms with E-state index in [1.165, 1.54) is 0 Å². The Morgan fingerprint density at radius 2 is 1.95 bits per heavy atom. The van der Waals surface area contributed by atoms with Gasteiger partial charge in [0, 0.05) is 0 Å². The van der Waals surface area contributed by atoms with Crippen LogP contribution in [0.15, 0.2) is 23.5 Å². The van der Waals surface area contributed by atoms with Crippen molar-refractivity contribution in [3.05, 3.63) is 45.8 Å². The minimum atomic E-state index is -0.560. The minimum Gasteiger partial charge on any atom is -0.496 e. The van der Waals surface area contributed by atoms with E-state index in [9.17, 15) is 4.39 Å². The fourth-order valence-corrected chi connectivity index (χ4v) is 1.96. The van der Waals surface area contributed by atoms with E-state index in [0.29, 0.717) is 5.57 Å². The van der Waals surface area contributed by atoms with Gasteiger partial charge < -0.3 is 9.84 Å². The molecule has 0 heterocycles. The van der Waals surface area contributed by atoms with Crippen LogP contribution in [-0.2, 0) is 0 Å². The zero-order chi connectivity index (χ0) is 14.6. The Labute approximate surface area is 114 Å². The molecule has 1 rings (SSSR count). The predicted octanol–water partition coefficient (Wildman–Crippen LogP) is 3.87. The van der Waals surface area contributed by atoms with Gasteiger partial charge in [-0.25, -0.2) is 4.39 Å². The maximum absolute atomic E-state index is 13.2. The number of ether oxygens (including phenoxy) is 1. The van der Waals surface area contributed by atoms with E-state index in [0.717, 1.165) is 28.0 Å². The van der Waals surface area contributed by atoms with E-state index in [1.54, 1.807) is 20.1 Å². The van der Waals surface area contributed by atoms with Gasteiger partial charge in [-0.3, -0.25) is 0 Å². The molecule has 0 aliphatic heterocycles. The summed E-state index contributed by atoms with van der Waals surface area (Å²) >= 11 is 0. The van der Waals surface area contributed by atoms with Crippen LogP contribution in [0.5, 0.6) is 5.75 Å². The number of methoxy groups -OCH3 is 1. The van der Waals surface area contributed by atoms with Gasteiger partial charge in [-0.15, -0.1) is 0 Å². The number of rotatable bonds is 4. The third-order valence-electron chi connectivity index (χ3n) is 3.40. The normalized spacial score (nSPS) is 12.8. The highest BCUT2D eigenvalue weighted by Crippen LogP contribution is 2.28. The number of halogens is 1. The van der Waals surface area contributed by atoms with Crippen LogP contribution in [0.3, 0.4) is 0 Å². The molecule has 19 heavy (non-hydrogen) atoms. The van der Waals surface area contributed by atoms with Crippen molar-refractivity contribution in [2.75, 3.05) is 13.7 Å². The summed E-state index contributed by atoms with van der Waals surface area (Å²) in [5.41, 5.74) is 4.77. The Balaban J connectivity index is 3.23. The van der Waals surface area contributed by atoms with Crippen molar-refractivity contribution in [1.82, 2.24) is 0 Å². The zero-order valence-corrected chi connectivity index (χ0v) is 12.2. The molecular formula is C16H21FO2. The lowest BCUT2D eigenvalue weighted by atomic mass is 9.96. The molecule has 104 valence electrons. The molecule has 0 radical (unpaired) electrons. The zero-order valence-electron chi connectivity index (χ0n) is 12.2. The van der Waals surface area contributed by atoms with Gasteiger partial charge in [-0.05, 0) is 61.6 Å². The molecule has 0 unspecified atom stereocenters. The molecule has 0 amide bonds. The Hall–Kier alpha value is -1.61. The van der Waals surface area contributed by atoms with Crippen molar-refractivity contribution in [3.63, 3.8) is 0 Å². The largest absolute Gasteiger partial charge is 0.496 e. The molecule has 0 saturated heterocycles.